The summed E-state index contributed by atoms with van der Waals surface area (Å²) in [7, 11) is 0. The Bertz CT molecular complexity index is 1150. The van der Waals surface area contributed by atoms with Crippen LogP contribution in [0.4, 0.5) is 0 Å². The summed E-state index contributed by atoms with van der Waals surface area (Å²) in [6, 6.07) is 38.1. The van der Waals surface area contributed by atoms with Gasteiger partial charge in [-0.1, -0.05) is 113 Å². The number of fused-ring (bicyclic) bond motifs is 1. The van der Waals surface area contributed by atoms with Crippen molar-refractivity contribution in [1.29, 1.82) is 0 Å². The van der Waals surface area contributed by atoms with Crippen molar-refractivity contribution in [2.75, 3.05) is 0 Å². The van der Waals surface area contributed by atoms with Crippen LogP contribution >= 0.6 is 15.9 Å². The Kier molecular flexibility index (Phi) is 4.53. The molecule has 0 radical (unpaired) electrons. The molecule has 0 spiro atoms. The van der Waals surface area contributed by atoms with Crippen LogP contribution in [0.25, 0.3) is 10.9 Å². The van der Waals surface area contributed by atoms with E-state index in [0.717, 1.165) is 15.4 Å². The molecule has 1 aromatic heterocycles. The first kappa shape index (κ1) is 17.9. The maximum Gasteiger partial charge on any atom is 0.138 e. The quantitative estimate of drug-likeness (QED) is 0.287. The molecule has 0 atom stereocenters. The zero-order valence-electron chi connectivity index (χ0n) is 15.7. The number of aromatic nitrogens is 2. The molecule has 140 valence electrons. The van der Waals surface area contributed by atoms with Gasteiger partial charge in [0.25, 0.3) is 0 Å². The lowest BCUT2D eigenvalue weighted by atomic mass is 9.77. The van der Waals surface area contributed by atoms with Gasteiger partial charge in [0, 0.05) is 9.86 Å². The third kappa shape index (κ3) is 2.81. The van der Waals surface area contributed by atoms with Gasteiger partial charge in [0.05, 0.1) is 11.7 Å². The van der Waals surface area contributed by atoms with Gasteiger partial charge >= 0.3 is 0 Å². The van der Waals surface area contributed by atoms with Crippen molar-refractivity contribution < 1.29 is 0 Å². The molecule has 0 aliphatic rings. The average Bonchev–Trinajstić information content (AvgIpc) is 3.23. The van der Waals surface area contributed by atoms with Gasteiger partial charge in [0.2, 0.25) is 0 Å². The topological polar surface area (TPSA) is 17.8 Å². The number of nitrogens with zero attached hydrogens (tertiary/aromatic N) is 2. The predicted molar refractivity (Wildman–Crippen MR) is 122 cm³/mol. The van der Waals surface area contributed by atoms with Crippen molar-refractivity contribution in [3.05, 3.63) is 137 Å². The molecule has 5 rings (SSSR count). The molecule has 2 nitrogen and oxygen atoms in total. The summed E-state index contributed by atoms with van der Waals surface area (Å²) in [5.74, 6) is 0. The molecule has 1 heterocycles. The Morgan fingerprint density at radius 1 is 0.586 bits per heavy atom. The van der Waals surface area contributed by atoms with Crippen LogP contribution in [0.3, 0.4) is 0 Å². The van der Waals surface area contributed by atoms with E-state index in [-0.39, 0.29) is 0 Å². The van der Waals surface area contributed by atoms with Crippen LogP contribution in [0.15, 0.2) is 120 Å². The van der Waals surface area contributed by atoms with E-state index in [0.29, 0.717) is 0 Å². The summed E-state index contributed by atoms with van der Waals surface area (Å²) in [5.41, 5.74) is 4.00. The van der Waals surface area contributed by atoms with Crippen molar-refractivity contribution in [1.82, 2.24) is 9.78 Å². The lowest BCUT2D eigenvalue weighted by molar-refractivity contribution is 0.476. The van der Waals surface area contributed by atoms with Crippen molar-refractivity contribution in [3.63, 3.8) is 0 Å². The molecule has 0 aliphatic heterocycles. The molecule has 5 aromatic rings. The van der Waals surface area contributed by atoms with Crippen LogP contribution in [0.2, 0.25) is 0 Å². The number of benzene rings is 4. The average molecular weight is 439 g/mol. The van der Waals surface area contributed by atoms with E-state index in [9.17, 15) is 0 Å². The molecule has 0 amide bonds. The molecule has 0 N–H and O–H groups in total. The summed E-state index contributed by atoms with van der Waals surface area (Å²) in [5, 5.41) is 6.04. The van der Waals surface area contributed by atoms with Crippen LogP contribution in [0.1, 0.15) is 16.7 Å². The fraction of sp³-hybridized carbons (Fsp3) is 0.0385. The Balaban J connectivity index is 1.97. The molecule has 0 fully saturated rings. The van der Waals surface area contributed by atoms with E-state index in [1.54, 1.807) is 0 Å². The third-order valence-electron chi connectivity index (χ3n) is 5.45. The van der Waals surface area contributed by atoms with Crippen LogP contribution in [-0.4, -0.2) is 9.78 Å². The lowest BCUT2D eigenvalue weighted by Gasteiger charge is -2.37. The van der Waals surface area contributed by atoms with Crippen molar-refractivity contribution >= 4 is 26.8 Å². The van der Waals surface area contributed by atoms with Gasteiger partial charge in [0.1, 0.15) is 5.54 Å². The molecule has 29 heavy (non-hydrogen) atoms. The maximum atomic E-state index is 4.94. The largest absolute Gasteiger partial charge is 0.245 e. The van der Waals surface area contributed by atoms with Crippen LogP contribution in [0.5, 0.6) is 0 Å². The molecule has 0 unspecified atom stereocenters. The second-order valence-electron chi connectivity index (χ2n) is 7.04. The van der Waals surface area contributed by atoms with Gasteiger partial charge in [0.15, 0.2) is 0 Å². The fourth-order valence-electron chi connectivity index (χ4n) is 4.19. The van der Waals surface area contributed by atoms with Gasteiger partial charge in [-0.3, -0.25) is 0 Å². The Labute approximate surface area is 178 Å². The van der Waals surface area contributed by atoms with Crippen LogP contribution in [0, 0.1) is 0 Å². The van der Waals surface area contributed by atoms with E-state index in [1.165, 1.54) is 16.7 Å². The fourth-order valence-corrected chi connectivity index (χ4v) is 4.65. The number of hydrogen-bond acceptors (Lipinski definition) is 1. The standard InChI is InChI=1S/C26H19BrN2/c27-24-17-10-18-25-23(24)19-28-29(25)26(20-11-4-1-5-12-20,21-13-6-2-7-14-21)22-15-8-3-9-16-22/h1-19H. The van der Waals surface area contributed by atoms with E-state index < -0.39 is 5.54 Å². The minimum Gasteiger partial charge on any atom is -0.245 e. The molecular formula is C26H19BrN2. The number of halogens is 1. The van der Waals surface area contributed by atoms with Gasteiger partial charge in [-0.25, -0.2) is 4.68 Å². The zero-order chi connectivity index (χ0) is 19.7. The first-order valence-electron chi connectivity index (χ1n) is 9.61. The summed E-state index contributed by atoms with van der Waals surface area (Å²) in [6.45, 7) is 0. The predicted octanol–water partition coefficient (Wildman–Crippen LogP) is 6.64. The lowest BCUT2D eigenvalue weighted by Crippen LogP contribution is -2.38. The van der Waals surface area contributed by atoms with E-state index in [2.05, 4.69) is 130 Å². The highest BCUT2D eigenvalue weighted by Crippen LogP contribution is 2.42. The van der Waals surface area contributed by atoms with Gasteiger partial charge in [-0.15, -0.1) is 0 Å². The van der Waals surface area contributed by atoms with Gasteiger partial charge in [-0.05, 0) is 28.8 Å². The monoisotopic (exact) mass is 438 g/mol. The summed E-state index contributed by atoms with van der Waals surface area (Å²) < 4.78 is 3.21. The molecule has 0 aliphatic carbocycles. The maximum absolute atomic E-state index is 4.94. The normalized spacial score (nSPS) is 11.6. The Morgan fingerprint density at radius 2 is 1.07 bits per heavy atom. The zero-order valence-corrected chi connectivity index (χ0v) is 17.3. The minimum absolute atomic E-state index is 0.591. The highest BCUT2D eigenvalue weighted by atomic mass is 79.9. The molecule has 0 bridgehead atoms. The summed E-state index contributed by atoms with van der Waals surface area (Å²) >= 11 is 3.69. The summed E-state index contributed by atoms with van der Waals surface area (Å²) in [4.78, 5) is 0. The first-order chi connectivity index (χ1) is 14.3. The van der Waals surface area contributed by atoms with Crippen LogP contribution < -0.4 is 0 Å². The number of rotatable bonds is 4. The minimum atomic E-state index is -0.591. The van der Waals surface area contributed by atoms with Gasteiger partial charge < -0.3 is 0 Å². The molecule has 3 heteroatoms. The molecular weight excluding hydrogens is 420 g/mol. The highest BCUT2D eigenvalue weighted by molar-refractivity contribution is 9.10. The Morgan fingerprint density at radius 3 is 1.55 bits per heavy atom. The van der Waals surface area contributed by atoms with Gasteiger partial charge in [-0.2, -0.15) is 5.10 Å². The van der Waals surface area contributed by atoms with Crippen molar-refractivity contribution in [2.24, 2.45) is 0 Å². The summed E-state index contributed by atoms with van der Waals surface area (Å²) in [6.07, 6.45) is 1.95. The highest BCUT2D eigenvalue weighted by Gasteiger charge is 2.40. The number of hydrogen-bond donors (Lipinski definition) is 0. The van der Waals surface area contributed by atoms with Crippen molar-refractivity contribution in [3.8, 4) is 0 Å². The second-order valence-corrected chi connectivity index (χ2v) is 7.89. The first-order valence-corrected chi connectivity index (χ1v) is 10.4. The molecule has 0 saturated carbocycles. The van der Waals surface area contributed by atoms with Crippen LogP contribution in [-0.2, 0) is 5.54 Å². The van der Waals surface area contributed by atoms with E-state index >= 15 is 0 Å². The smallest absolute Gasteiger partial charge is 0.138 e. The SMILES string of the molecule is Brc1cccc2c1cnn2C(c1ccccc1)(c1ccccc1)c1ccccc1. The Hall–Kier alpha value is -3.17. The molecule has 0 saturated heterocycles. The van der Waals surface area contributed by atoms with Crippen molar-refractivity contribution in [2.45, 2.75) is 5.54 Å². The van der Waals surface area contributed by atoms with E-state index in [4.69, 9.17) is 5.10 Å². The second kappa shape index (κ2) is 7.34. The molecule has 4 aromatic carbocycles. The van der Waals surface area contributed by atoms with E-state index in [1.807, 2.05) is 6.20 Å². The third-order valence-corrected chi connectivity index (χ3v) is 6.14.